The number of aryl methyl sites for hydroxylation is 1. The van der Waals surface area contributed by atoms with E-state index in [0.717, 1.165) is 70.9 Å². The Morgan fingerprint density at radius 3 is 2.69 bits per heavy atom. The number of hydrogen-bond donors (Lipinski definition) is 1. The van der Waals surface area contributed by atoms with Gasteiger partial charge in [-0.25, -0.2) is 0 Å². The molecule has 1 heterocycles. The number of hydrogen-bond acceptors (Lipinski definition) is 2. The predicted molar refractivity (Wildman–Crippen MR) is 104 cm³/mol. The highest BCUT2D eigenvalue weighted by atomic mass is 16.2. The summed E-state index contributed by atoms with van der Waals surface area (Å²) in [5.74, 6) is 0.393. The molecule has 1 aromatic carbocycles. The van der Waals surface area contributed by atoms with Crippen molar-refractivity contribution in [2.45, 2.75) is 70.3 Å². The van der Waals surface area contributed by atoms with Crippen LogP contribution in [0.25, 0.3) is 0 Å². The number of benzene rings is 1. The van der Waals surface area contributed by atoms with Gasteiger partial charge in [-0.15, -0.1) is 0 Å². The van der Waals surface area contributed by atoms with E-state index in [4.69, 9.17) is 0 Å². The summed E-state index contributed by atoms with van der Waals surface area (Å²) in [6.07, 6.45) is 9.66. The zero-order valence-electron chi connectivity index (χ0n) is 15.8. The topological polar surface area (TPSA) is 49.4 Å². The van der Waals surface area contributed by atoms with Crippen LogP contribution >= 0.6 is 0 Å². The van der Waals surface area contributed by atoms with Crippen molar-refractivity contribution in [2.24, 2.45) is 5.92 Å². The largest absolute Gasteiger partial charge is 0.356 e. The van der Waals surface area contributed by atoms with E-state index in [-0.39, 0.29) is 23.8 Å². The van der Waals surface area contributed by atoms with Gasteiger partial charge in [0.25, 0.3) is 0 Å². The van der Waals surface area contributed by atoms with Gasteiger partial charge in [-0.1, -0.05) is 43.2 Å². The number of carbonyl (C=O) groups is 2. The minimum atomic E-state index is -0.0140. The Hall–Kier alpha value is -1.84. The lowest BCUT2D eigenvalue weighted by Gasteiger charge is -2.40. The summed E-state index contributed by atoms with van der Waals surface area (Å²) in [7, 11) is 0. The van der Waals surface area contributed by atoms with Crippen molar-refractivity contribution in [2.75, 3.05) is 13.1 Å². The van der Waals surface area contributed by atoms with Crippen molar-refractivity contribution in [3.8, 4) is 0 Å². The first-order valence-electron chi connectivity index (χ1n) is 10.4. The van der Waals surface area contributed by atoms with Gasteiger partial charge in [0, 0.05) is 25.6 Å². The summed E-state index contributed by atoms with van der Waals surface area (Å²) in [5, 5.41) is 3.10. The van der Waals surface area contributed by atoms with E-state index in [9.17, 15) is 9.59 Å². The van der Waals surface area contributed by atoms with Gasteiger partial charge in [0.2, 0.25) is 11.8 Å². The maximum absolute atomic E-state index is 13.0. The first-order chi connectivity index (χ1) is 12.8. The number of fused-ring (bicyclic) bond motifs is 1. The summed E-state index contributed by atoms with van der Waals surface area (Å²) in [6.45, 7) is 1.60. The highest BCUT2D eigenvalue weighted by molar-refractivity contribution is 5.82. The van der Waals surface area contributed by atoms with Gasteiger partial charge < -0.3 is 10.2 Å². The van der Waals surface area contributed by atoms with Gasteiger partial charge in [0.1, 0.15) is 0 Å². The van der Waals surface area contributed by atoms with E-state index in [1.807, 2.05) is 18.2 Å². The minimum Gasteiger partial charge on any atom is -0.356 e. The molecule has 0 aromatic heterocycles. The van der Waals surface area contributed by atoms with Crippen LogP contribution in [0.2, 0.25) is 0 Å². The maximum atomic E-state index is 13.0. The average Bonchev–Trinajstić information content (AvgIpc) is 2.68. The summed E-state index contributed by atoms with van der Waals surface area (Å²) in [4.78, 5) is 27.7. The zero-order chi connectivity index (χ0) is 18.2. The van der Waals surface area contributed by atoms with Gasteiger partial charge in [0.05, 0.1) is 5.92 Å². The highest BCUT2D eigenvalue weighted by Gasteiger charge is 2.36. The highest BCUT2D eigenvalue weighted by Crippen LogP contribution is 2.30. The van der Waals surface area contributed by atoms with Crippen molar-refractivity contribution >= 4 is 11.8 Å². The summed E-state index contributed by atoms with van der Waals surface area (Å²) >= 11 is 0. The van der Waals surface area contributed by atoms with Crippen molar-refractivity contribution in [1.82, 2.24) is 10.2 Å². The van der Waals surface area contributed by atoms with Gasteiger partial charge in [-0.05, 0) is 50.5 Å². The Bertz CT molecular complexity index is 587. The third-order valence-corrected chi connectivity index (χ3v) is 5.86. The van der Waals surface area contributed by atoms with Crippen LogP contribution in [-0.2, 0) is 16.0 Å². The molecule has 0 bridgehead atoms. The van der Waals surface area contributed by atoms with Crippen LogP contribution in [0.4, 0.5) is 0 Å². The summed E-state index contributed by atoms with van der Waals surface area (Å²) in [5.41, 5.74) is 1.29. The average molecular weight is 357 g/mol. The lowest BCUT2D eigenvalue weighted by atomic mass is 9.82. The van der Waals surface area contributed by atoms with Gasteiger partial charge in [-0.2, -0.15) is 0 Å². The number of carbonyl (C=O) groups excluding carboxylic acids is 2. The number of amides is 2. The molecule has 4 nitrogen and oxygen atoms in total. The molecule has 3 rings (SSSR count). The molecule has 4 heteroatoms. The van der Waals surface area contributed by atoms with Gasteiger partial charge >= 0.3 is 0 Å². The minimum absolute atomic E-state index is 0.0140. The second-order valence-corrected chi connectivity index (χ2v) is 7.74. The molecular formula is C22H32N2O2. The van der Waals surface area contributed by atoms with Crippen molar-refractivity contribution in [1.29, 1.82) is 0 Å². The monoisotopic (exact) mass is 356 g/mol. The summed E-state index contributed by atoms with van der Waals surface area (Å²) in [6, 6.07) is 10.5. The maximum Gasteiger partial charge on any atom is 0.225 e. The molecular weight excluding hydrogens is 324 g/mol. The Balaban J connectivity index is 1.62. The standard InChI is InChI=1S/C22H32N2O2/c25-21(15-9-12-18-10-3-1-4-11-18)24-17-8-2-7-16-23-22(26)19-13-5-6-14-20(19)24/h1,3-4,10-11,19-20H,2,5-9,12-17H2,(H,23,26)/t19-,20+/m1/s1. The SMILES string of the molecule is O=C1NCCCCCN(C(=O)CCCc2ccccc2)[C@H]2CCCC[C@@H]12. The molecule has 2 aliphatic rings. The third kappa shape index (κ3) is 5.09. The zero-order valence-corrected chi connectivity index (χ0v) is 15.8. The molecule has 2 amide bonds. The fourth-order valence-corrected chi connectivity index (χ4v) is 4.42. The van der Waals surface area contributed by atoms with E-state index in [2.05, 4.69) is 22.3 Å². The molecule has 2 fully saturated rings. The molecule has 1 aliphatic carbocycles. The molecule has 142 valence electrons. The smallest absolute Gasteiger partial charge is 0.225 e. The van der Waals surface area contributed by atoms with Crippen LogP contribution in [-0.4, -0.2) is 35.8 Å². The van der Waals surface area contributed by atoms with Crippen molar-refractivity contribution < 1.29 is 9.59 Å². The Morgan fingerprint density at radius 2 is 1.85 bits per heavy atom. The molecule has 1 aromatic rings. The molecule has 1 aliphatic heterocycles. The molecule has 0 radical (unpaired) electrons. The van der Waals surface area contributed by atoms with Crippen LogP contribution in [0.15, 0.2) is 30.3 Å². The van der Waals surface area contributed by atoms with Crippen LogP contribution in [0, 0.1) is 5.92 Å². The fraction of sp³-hybridized carbons (Fsp3) is 0.636. The van der Waals surface area contributed by atoms with Crippen LogP contribution in [0.5, 0.6) is 0 Å². The molecule has 1 saturated heterocycles. The third-order valence-electron chi connectivity index (χ3n) is 5.86. The lowest BCUT2D eigenvalue weighted by Crippen LogP contribution is -2.51. The van der Waals surface area contributed by atoms with Crippen LogP contribution in [0.3, 0.4) is 0 Å². The first-order valence-corrected chi connectivity index (χ1v) is 10.4. The van der Waals surface area contributed by atoms with Gasteiger partial charge in [0.15, 0.2) is 0 Å². The van der Waals surface area contributed by atoms with E-state index in [0.29, 0.717) is 6.42 Å². The van der Waals surface area contributed by atoms with Gasteiger partial charge in [-0.3, -0.25) is 9.59 Å². The normalized spacial score (nSPS) is 24.5. The molecule has 26 heavy (non-hydrogen) atoms. The van der Waals surface area contributed by atoms with Crippen LogP contribution in [0.1, 0.15) is 63.4 Å². The second-order valence-electron chi connectivity index (χ2n) is 7.74. The molecule has 2 atom stereocenters. The lowest BCUT2D eigenvalue weighted by molar-refractivity contribution is -0.139. The second kappa shape index (κ2) is 9.75. The molecule has 1 N–H and O–H groups in total. The first kappa shape index (κ1) is 18.9. The number of nitrogens with zero attached hydrogens (tertiary/aromatic N) is 1. The van der Waals surface area contributed by atoms with Crippen molar-refractivity contribution in [3.63, 3.8) is 0 Å². The van der Waals surface area contributed by atoms with Crippen molar-refractivity contribution in [3.05, 3.63) is 35.9 Å². The Kier molecular flexibility index (Phi) is 7.10. The van der Waals surface area contributed by atoms with E-state index >= 15 is 0 Å². The summed E-state index contributed by atoms with van der Waals surface area (Å²) < 4.78 is 0. The molecule has 1 saturated carbocycles. The van der Waals surface area contributed by atoms with E-state index < -0.39 is 0 Å². The Labute approximate surface area is 157 Å². The van der Waals surface area contributed by atoms with E-state index in [1.54, 1.807) is 0 Å². The fourth-order valence-electron chi connectivity index (χ4n) is 4.42. The predicted octanol–water partition coefficient (Wildman–Crippen LogP) is 3.70. The van der Waals surface area contributed by atoms with Crippen LogP contribution < -0.4 is 5.32 Å². The number of nitrogens with one attached hydrogen (secondary N) is 1. The quantitative estimate of drug-likeness (QED) is 0.894. The van der Waals surface area contributed by atoms with E-state index in [1.165, 1.54) is 5.56 Å². The number of rotatable bonds is 4. The molecule has 0 unspecified atom stereocenters. The molecule has 0 spiro atoms. The Morgan fingerprint density at radius 1 is 1.04 bits per heavy atom.